The molecule has 3 heterocycles. The van der Waals surface area contributed by atoms with Gasteiger partial charge in [-0.2, -0.15) is 0 Å². The van der Waals surface area contributed by atoms with Crippen LogP contribution in [0.15, 0.2) is 18.3 Å². The molecule has 3 rings (SSSR count). The fraction of sp³-hybridized carbons (Fsp3) is 0.643. The van der Waals surface area contributed by atoms with Gasteiger partial charge in [-0.3, -0.25) is 9.69 Å². The highest BCUT2D eigenvalue weighted by atomic mass is 16.2. The van der Waals surface area contributed by atoms with E-state index in [1.807, 2.05) is 23.2 Å². The maximum atomic E-state index is 12.4. The topological polar surface area (TPSA) is 51.4 Å². The van der Waals surface area contributed by atoms with E-state index in [2.05, 4.69) is 15.2 Å². The summed E-state index contributed by atoms with van der Waals surface area (Å²) in [4.78, 5) is 19.9. The van der Waals surface area contributed by atoms with Gasteiger partial charge in [0.1, 0.15) is 5.69 Å². The smallest absolute Gasteiger partial charge is 0.270 e. The highest BCUT2D eigenvalue weighted by molar-refractivity contribution is 5.92. The van der Waals surface area contributed by atoms with E-state index in [0.29, 0.717) is 11.7 Å². The number of nitrogens with zero attached hydrogens (tertiary/aromatic N) is 2. The minimum Gasteiger partial charge on any atom is -0.357 e. The SMILES string of the molecule is O=C(c1ccc[nH]1)N1CCCC(N2CCNCC2)C1. The quantitative estimate of drug-likeness (QED) is 0.817. The molecule has 5 heteroatoms. The number of aromatic nitrogens is 1. The zero-order valence-corrected chi connectivity index (χ0v) is 11.3. The molecular weight excluding hydrogens is 240 g/mol. The van der Waals surface area contributed by atoms with Gasteiger partial charge in [-0.1, -0.05) is 0 Å². The molecule has 0 spiro atoms. The number of piperazine rings is 1. The number of nitrogens with one attached hydrogen (secondary N) is 2. The summed E-state index contributed by atoms with van der Waals surface area (Å²) in [6, 6.07) is 4.27. The number of H-pyrrole nitrogens is 1. The Kier molecular flexibility index (Phi) is 3.84. The Morgan fingerprint density at radius 2 is 2.11 bits per heavy atom. The molecule has 2 N–H and O–H groups in total. The number of likely N-dealkylation sites (tertiary alicyclic amines) is 1. The number of aromatic amines is 1. The van der Waals surface area contributed by atoms with E-state index in [0.717, 1.165) is 45.7 Å². The Hall–Kier alpha value is -1.33. The molecule has 0 bridgehead atoms. The van der Waals surface area contributed by atoms with Gasteiger partial charge in [0.2, 0.25) is 0 Å². The van der Waals surface area contributed by atoms with Gasteiger partial charge < -0.3 is 15.2 Å². The van der Waals surface area contributed by atoms with Gasteiger partial charge >= 0.3 is 0 Å². The number of hydrogen-bond acceptors (Lipinski definition) is 3. The van der Waals surface area contributed by atoms with Gasteiger partial charge in [0.15, 0.2) is 0 Å². The Morgan fingerprint density at radius 1 is 1.26 bits per heavy atom. The fourth-order valence-corrected chi connectivity index (χ4v) is 3.12. The number of carbonyl (C=O) groups excluding carboxylic acids is 1. The van der Waals surface area contributed by atoms with Gasteiger partial charge in [-0.05, 0) is 25.0 Å². The van der Waals surface area contributed by atoms with Crippen LogP contribution in [0.1, 0.15) is 23.3 Å². The van der Waals surface area contributed by atoms with Crippen LogP contribution in [0.2, 0.25) is 0 Å². The van der Waals surface area contributed by atoms with Crippen LogP contribution in [0, 0.1) is 0 Å². The number of piperidine rings is 1. The Bertz CT molecular complexity index is 411. The number of carbonyl (C=O) groups is 1. The molecule has 2 aliphatic rings. The first kappa shape index (κ1) is 12.7. The zero-order valence-electron chi connectivity index (χ0n) is 11.3. The molecule has 2 fully saturated rings. The Morgan fingerprint density at radius 3 is 2.84 bits per heavy atom. The molecule has 1 aromatic heterocycles. The molecule has 0 aliphatic carbocycles. The molecular formula is C14H22N4O. The molecule has 0 aromatic carbocycles. The third-order valence-corrected chi connectivity index (χ3v) is 4.18. The summed E-state index contributed by atoms with van der Waals surface area (Å²) in [6.07, 6.45) is 4.14. The maximum absolute atomic E-state index is 12.4. The van der Waals surface area contributed by atoms with Crippen molar-refractivity contribution in [2.45, 2.75) is 18.9 Å². The van der Waals surface area contributed by atoms with E-state index < -0.39 is 0 Å². The summed E-state index contributed by atoms with van der Waals surface area (Å²) >= 11 is 0. The monoisotopic (exact) mass is 262 g/mol. The summed E-state index contributed by atoms with van der Waals surface area (Å²) in [7, 11) is 0. The molecule has 2 aliphatic heterocycles. The average molecular weight is 262 g/mol. The summed E-state index contributed by atoms with van der Waals surface area (Å²) in [5.74, 6) is 0.143. The van der Waals surface area contributed by atoms with E-state index in [1.165, 1.54) is 6.42 Å². The molecule has 2 saturated heterocycles. The molecule has 19 heavy (non-hydrogen) atoms. The Labute approximate surface area is 114 Å². The second kappa shape index (κ2) is 5.75. The van der Waals surface area contributed by atoms with Gasteiger partial charge in [0.25, 0.3) is 5.91 Å². The standard InChI is InChI=1S/C14H22N4O/c19-14(13-4-1-5-16-13)18-8-2-3-12(11-18)17-9-6-15-7-10-17/h1,4-5,12,15-16H,2-3,6-11H2. The lowest BCUT2D eigenvalue weighted by molar-refractivity contribution is 0.0547. The van der Waals surface area contributed by atoms with E-state index in [4.69, 9.17) is 0 Å². The van der Waals surface area contributed by atoms with Crippen molar-refractivity contribution in [2.24, 2.45) is 0 Å². The van der Waals surface area contributed by atoms with Crippen LogP contribution >= 0.6 is 0 Å². The van der Waals surface area contributed by atoms with Crippen LogP contribution in [0.5, 0.6) is 0 Å². The van der Waals surface area contributed by atoms with Crippen LogP contribution in [-0.4, -0.2) is 66.0 Å². The number of hydrogen-bond donors (Lipinski definition) is 2. The highest BCUT2D eigenvalue weighted by Gasteiger charge is 2.29. The first-order valence-corrected chi connectivity index (χ1v) is 7.22. The third kappa shape index (κ3) is 2.82. The second-order valence-corrected chi connectivity index (χ2v) is 5.42. The van der Waals surface area contributed by atoms with Crippen LogP contribution in [0.3, 0.4) is 0 Å². The lowest BCUT2D eigenvalue weighted by Gasteiger charge is -2.41. The minimum absolute atomic E-state index is 0.143. The molecule has 0 saturated carbocycles. The van der Waals surface area contributed by atoms with E-state index in [1.54, 1.807) is 0 Å². The predicted octanol–water partition coefficient (Wildman–Crippen LogP) is 0.525. The fourth-order valence-electron chi connectivity index (χ4n) is 3.12. The number of amides is 1. The molecule has 5 nitrogen and oxygen atoms in total. The van der Waals surface area contributed by atoms with Gasteiger partial charge in [-0.15, -0.1) is 0 Å². The largest absolute Gasteiger partial charge is 0.357 e. The summed E-state index contributed by atoms with van der Waals surface area (Å²) in [6.45, 7) is 6.12. The van der Waals surface area contributed by atoms with E-state index in [9.17, 15) is 4.79 Å². The van der Waals surface area contributed by atoms with Crippen molar-refractivity contribution >= 4 is 5.91 Å². The van der Waals surface area contributed by atoms with Crippen molar-refractivity contribution in [3.05, 3.63) is 24.0 Å². The van der Waals surface area contributed by atoms with Crippen molar-refractivity contribution < 1.29 is 4.79 Å². The molecule has 1 atom stereocenters. The summed E-state index contributed by atoms with van der Waals surface area (Å²) in [5, 5.41) is 3.38. The Balaban J connectivity index is 1.62. The maximum Gasteiger partial charge on any atom is 0.270 e. The zero-order chi connectivity index (χ0) is 13.1. The van der Waals surface area contributed by atoms with E-state index in [-0.39, 0.29) is 5.91 Å². The van der Waals surface area contributed by atoms with Crippen molar-refractivity contribution in [3.8, 4) is 0 Å². The first-order chi connectivity index (χ1) is 9.34. The lowest BCUT2D eigenvalue weighted by atomic mass is 10.0. The van der Waals surface area contributed by atoms with Crippen molar-refractivity contribution in [2.75, 3.05) is 39.3 Å². The van der Waals surface area contributed by atoms with Crippen LogP contribution in [0.25, 0.3) is 0 Å². The lowest BCUT2D eigenvalue weighted by Crippen LogP contribution is -2.55. The second-order valence-electron chi connectivity index (χ2n) is 5.42. The third-order valence-electron chi connectivity index (χ3n) is 4.18. The minimum atomic E-state index is 0.143. The van der Waals surface area contributed by atoms with Crippen molar-refractivity contribution in [3.63, 3.8) is 0 Å². The van der Waals surface area contributed by atoms with Crippen molar-refractivity contribution in [1.82, 2.24) is 20.1 Å². The van der Waals surface area contributed by atoms with Gasteiger partial charge in [0, 0.05) is 51.5 Å². The van der Waals surface area contributed by atoms with Crippen LogP contribution in [-0.2, 0) is 0 Å². The molecule has 1 aromatic rings. The van der Waals surface area contributed by atoms with Crippen LogP contribution in [0.4, 0.5) is 0 Å². The van der Waals surface area contributed by atoms with Crippen molar-refractivity contribution in [1.29, 1.82) is 0 Å². The van der Waals surface area contributed by atoms with Gasteiger partial charge in [0.05, 0.1) is 0 Å². The molecule has 1 unspecified atom stereocenters. The van der Waals surface area contributed by atoms with Gasteiger partial charge in [-0.25, -0.2) is 0 Å². The molecule has 1 amide bonds. The van der Waals surface area contributed by atoms with Crippen LogP contribution < -0.4 is 5.32 Å². The normalized spacial score (nSPS) is 25.5. The summed E-state index contributed by atoms with van der Waals surface area (Å²) in [5.41, 5.74) is 0.709. The molecule has 104 valence electrons. The van der Waals surface area contributed by atoms with E-state index >= 15 is 0 Å². The number of rotatable bonds is 2. The predicted molar refractivity (Wildman–Crippen MR) is 74.2 cm³/mol. The first-order valence-electron chi connectivity index (χ1n) is 7.22. The summed E-state index contributed by atoms with van der Waals surface area (Å²) < 4.78 is 0. The molecule has 0 radical (unpaired) electrons. The average Bonchev–Trinajstić information content (AvgIpc) is 3.02. The highest BCUT2D eigenvalue weighted by Crippen LogP contribution is 2.18.